The zero-order valence-electron chi connectivity index (χ0n) is 9.82. The number of amides is 1. The lowest BCUT2D eigenvalue weighted by molar-refractivity contribution is -0.123. The van der Waals surface area contributed by atoms with Crippen molar-refractivity contribution in [3.8, 4) is 0 Å². The van der Waals surface area contributed by atoms with E-state index < -0.39 is 0 Å². The van der Waals surface area contributed by atoms with Gasteiger partial charge in [-0.25, -0.2) is 0 Å². The van der Waals surface area contributed by atoms with E-state index in [0.717, 1.165) is 12.8 Å². The van der Waals surface area contributed by atoms with Crippen molar-refractivity contribution in [3.63, 3.8) is 0 Å². The number of aryl methyl sites for hydroxylation is 1. The van der Waals surface area contributed by atoms with Crippen LogP contribution >= 0.6 is 0 Å². The van der Waals surface area contributed by atoms with Crippen LogP contribution in [0.1, 0.15) is 36.4 Å². The quantitative estimate of drug-likeness (QED) is 0.624. The number of carbonyl (C=O) groups excluding carboxylic acids is 1. The Morgan fingerprint density at radius 1 is 1.29 bits per heavy atom. The molecule has 1 heterocycles. The van der Waals surface area contributed by atoms with Gasteiger partial charge in [0, 0.05) is 0 Å². The van der Waals surface area contributed by atoms with Gasteiger partial charge in [-0.1, -0.05) is 30.7 Å². The van der Waals surface area contributed by atoms with Crippen molar-refractivity contribution in [2.45, 2.75) is 37.8 Å². The molecule has 2 atom stereocenters. The highest BCUT2D eigenvalue weighted by Gasteiger charge is 2.33. The summed E-state index contributed by atoms with van der Waals surface area (Å²) in [5, 5.41) is 3.11. The Bertz CT molecular complexity index is 426. The molecule has 0 radical (unpaired) electrons. The predicted molar refractivity (Wildman–Crippen MR) is 64.6 cm³/mol. The Hall–Kier alpha value is -1.35. The van der Waals surface area contributed by atoms with Crippen LogP contribution in [0.4, 0.5) is 0 Å². The van der Waals surface area contributed by atoms with Gasteiger partial charge in [-0.15, -0.1) is 0 Å². The van der Waals surface area contributed by atoms with Crippen LogP contribution in [0.2, 0.25) is 0 Å². The average Bonchev–Trinajstić information content (AvgIpc) is 3.16. The van der Waals surface area contributed by atoms with Gasteiger partial charge in [-0.3, -0.25) is 4.79 Å². The second kappa shape index (κ2) is 4.49. The standard InChI is InChI=1S/C14H17NO2/c16-14(13-9-17-13)15-12-8-4-2-6-10-5-1-3-7-11(10)12/h1,3,5,7,12-13H,2,4,6,8-9H2,(H,15,16). The van der Waals surface area contributed by atoms with Crippen molar-refractivity contribution in [2.75, 3.05) is 6.61 Å². The second-order valence-electron chi connectivity index (χ2n) is 4.83. The molecule has 1 amide bonds. The van der Waals surface area contributed by atoms with Crippen molar-refractivity contribution in [1.82, 2.24) is 5.32 Å². The van der Waals surface area contributed by atoms with Crippen molar-refractivity contribution in [3.05, 3.63) is 35.4 Å². The highest BCUT2D eigenvalue weighted by Crippen LogP contribution is 2.28. The highest BCUT2D eigenvalue weighted by atomic mass is 16.6. The molecule has 3 heteroatoms. The maximum absolute atomic E-state index is 11.8. The molecular weight excluding hydrogens is 214 g/mol. The van der Waals surface area contributed by atoms with Gasteiger partial charge in [-0.2, -0.15) is 0 Å². The summed E-state index contributed by atoms with van der Waals surface area (Å²) >= 11 is 0. The van der Waals surface area contributed by atoms with Crippen LogP contribution in [0.3, 0.4) is 0 Å². The molecule has 17 heavy (non-hydrogen) atoms. The number of nitrogens with one attached hydrogen (secondary N) is 1. The smallest absolute Gasteiger partial charge is 0.252 e. The van der Waals surface area contributed by atoms with Gasteiger partial charge in [0.1, 0.15) is 0 Å². The Morgan fingerprint density at radius 2 is 2.12 bits per heavy atom. The molecule has 2 unspecified atom stereocenters. The summed E-state index contributed by atoms with van der Waals surface area (Å²) in [5.41, 5.74) is 2.67. The van der Waals surface area contributed by atoms with Crippen LogP contribution in [-0.4, -0.2) is 18.6 Å². The van der Waals surface area contributed by atoms with Crippen LogP contribution in [-0.2, 0) is 16.0 Å². The highest BCUT2D eigenvalue weighted by molar-refractivity contribution is 5.83. The number of hydrogen-bond acceptors (Lipinski definition) is 2. The molecule has 3 nitrogen and oxygen atoms in total. The summed E-state index contributed by atoms with van der Waals surface area (Å²) < 4.78 is 5.02. The van der Waals surface area contributed by atoms with Crippen molar-refractivity contribution in [2.24, 2.45) is 0 Å². The zero-order chi connectivity index (χ0) is 11.7. The molecule has 1 N–H and O–H groups in total. The molecule has 2 aliphatic rings. The van der Waals surface area contributed by atoms with Gasteiger partial charge in [0.15, 0.2) is 6.10 Å². The fourth-order valence-electron chi connectivity index (χ4n) is 2.54. The minimum Gasteiger partial charge on any atom is -0.363 e. The summed E-state index contributed by atoms with van der Waals surface area (Å²) in [6.07, 6.45) is 4.36. The van der Waals surface area contributed by atoms with Gasteiger partial charge in [0.25, 0.3) is 5.91 Å². The first-order valence-electron chi connectivity index (χ1n) is 6.34. The molecule has 1 aliphatic carbocycles. The van der Waals surface area contributed by atoms with Gasteiger partial charge in [0.2, 0.25) is 0 Å². The Labute approximate surface area is 101 Å². The van der Waals surface area contributed by atoms with Gasteiger partial charge < -0.3 is 10.1 Å². The van der Waals surface area contributed by atoms with E-state index in [-0.39, 0.29) is 18.1 Å². The SMILES string of the molecule is O=C(NC1CCCCc2ccccc21)C1CO1. The monoisotopic (exact) mass is 231 g/mol. The maximum atomic E-state index is 11.8. The third kappa shape index (κ3) is 2.34. The lowest BCUT2D eigenvalue weighted by Crippen LogP contribution is -2.32. The third-order valence-corrected chi connectivity index (χ3v) is 3.56. The number of benzene rings is 1. The maximum Gasteiger partial charge on any atom is 0.252 e. The van der Waals surface area contributed by atoms with Crippen molar-refractivity contribution < 1.29 is 9.53 Å². The zero-order valence-corrected chi connectivity index (χ0v) is 9.82. The van der Waals surface area contributed by atoms with Gasteiger partial charge >= 0.3 is 0 Å². The summed E-state index contributed by atoms with van der Waals surface area (Å²) in [4.78, 5) is 11.8. The van der Waals surface area contributed by atoms with Crippen molar-refractivity contribution in [1.29, 1.82) is 0 Å². The van der Waals surface area contributed by atoms with Crippen LogP contribution in [0, 0.1) is 0 Å². The van der Waals surface area contributed by atoms with E-state index in [1.54, 1.807) is 0 Å². The average molecular weight is 231 g/mol. The minimum absolute atomic E-state index is 0.0479. The van der Waals surface area contributed by atoms with Gasteiger partial charge in [-0.05, 0) is 30.4 Å². The predicted octanol–water partition coefficient (Wildman–Crippen LogP) is 1.97. The molecular formula is C14H17NO2. The molecule has 1 fully saturated rings. The van der Waals surface area contributed by atoms with E-state index in [1.165, 1.54) is 24.0 Å². The Balaban J connectivity index is 1.80. The minimum atomic E-state index is -0.189. The molecule has 0 spiro atoms. The van der Waals surface area contributed by atoms with E-state index in [2.05, 4.69) is 29.6 Å². The summed E-state index contributed by atoms with van der Waals surface area (Å²) in [6.45, 7) is 0.584. The first kappa shape index (κ1) is 10.8. The number of rotatable bonds is 2. The summed E-state index contributed by atoms with van der Waals surface area (Å²) in [5.74, 6) is 0.0479. The molecule has 90 valence electrons. The summed E-state index contributed by atoms with van der Waals surface area (Å²) in [6, 6.07) is 8.61. The van der Waals surface area contributed by atoms with Crippen molar-refractivity contribution >= 4 is 5.91 Å². The molecule has 1 aromatic rings. The molecule has 0 aromatic heterocycles. The Morgan fingerprint density at radius 3 is 2.94 bits per heavy atom. The van der Waals surface area contributed by atoms with E-state index in [9.17, 15) is 4.79 Å². The third-order valence-electron chi connectivity index (χ3n) is 3.56. The fraction of sp³-hybridized carbons (Fsp3) is 0.500. The second-order valence-corrected chi connectivity index (χ2v) is 4.83. The summed E-state index contributed by atoms with van der Waals surface area (Å²) in [7, 11) is 0. The van der Waals surface area contributed by atoms with Crippen LogP contribution in [0.15, 0.2) is 24.3 Å². The lowest BCUT2D eigenvalue weighted by Gasteiger charge is -2.18. The fourth-order valence-corrected chi connectivity index (χ4v) is 2.54. The molecule has 1 saturated heterocycles. The first-order valence-corrected chi connectivity index (χ1v) is 6.34. The van der Waals surface area contributed by atoms with E-state index in [1.807, 2.05) is 0 Å². The van der Waals surface area contributed by atoms with Crippen LogP contribution in [0.25, 0.3) is 0 Å². The largest absolute Gasteiger partial charge is 0.363 e. The topological polar surface area (TPSA) is 41.6 Å². The molecule has 0 saturated carbocycles. The first-order chi connectivity index (χ1) is 8.34. The lowest BCUT2D eigenvalue weighted by atomic mass is 9.99. The van der Waals surface area contributed by atoms with Crippen LogP contribution < -0.4 is 5.32 Å². The number of carbonyl (C=O) groups is 1. The number of hydrogen-bond donors (Lipinski definition) is 1. The van der Waals surface area contributed by atoms with E-state index in [0.29, 0.717) is 6.61 Å². The number of epoxide rings is 1. The van der Waals surface area contributed by atoms with E-state index >= 15 is 0 Å². The van der Waals surface area contributed by atoms with Crippen LogP contribution in [0.5, 0.6) is 0 Å². The Kier molecular flexibility index (Phi) is 2.85. The number of ether oxygens (including phenoxy) is 1. The molecule has 0 bridgehead atoms. The molecule has 1 aromatic carbocycles. The normalized spacial score (nSPS) is 26.8. The molecule has 3 rings (SSSR count). The van der Waals surface area contributed by atoms with E-state index in [4.69, 9.17) is 4.74 Å². The number of fused-ring (bicyclic) bond motifs is 1. The molecule has 1 aliphatic heterocycles. The van der Waals surface area contributed by atoms with Gasteiger partial charge in [0.05, 0.1) is 12.6 Å².